The Morgan fingerprint density at radius 1 is 1.35 bits per heavy atom. The first kappa shape index (κ1) is 13.1. The number of halogens is 1. The second kappa shape index (κ2) is 4.92. The molecule has 3 rings (SSSR count). The van der Waals surface area contributed by atoms with Crippen LogP contribution in [0.1, 0.15) is 36.0 Å². The molecule has 1 saturated carbocycles. The Labute approximate surface area is 116 Å². The van der Waals surface area contributed by atoms with Crippen molar-refractivity contribution >= 4 is 11.8 Å². The Morgan fingerprint density at radius 3 is 2.60 bits per heavy atom. The van der Waals surface area contributed by atoms with E-state index in [1.807, 2.05) is 0 Å². The van der Waals surface area contributed by atoms with E-state index in [0.29, 0.717) is 5.56 Å². The van der Waals surface area contributed by atoms with Gasteiger partial charge in [-0.05, 0) is 18.9 Å². The summed E-state index contributed by atoms with van der Waals surface area (Å²) >= 11 is 0. The maximum atomic E-state index is 14.6. The molecule has 2 amide bonds. The molecule has 1 saturated heterocycles. The maximum Gasteiger partial charge on any atom is 0.258 e. The van der Waals surface area contributed by atoms with Gasteiger partial charge in [-0.25, -0.2) is 4.39 Å². The summed E-state index contributed by atoms with van der Waals surface area (Å²) in [6, 6.07) is 1.74. The van der Waals surface area contributed by atoms with Crippen LogP contribution in [0.3, 0.4) is 0 Å². The first-order valence-corrected chi connectivity index (χ1v) is 6.90. The molecule has 0 spiro atoms. The molecule has 6 heteroatoms. The summed E-state index contributed by atoms with van der Waals surface area (Å²) in [6.45, 7) is 0.497. The average molecular weight is 280 g/mol. The number of amides is 2. The molecular weight excluding hydrogens is 263 g/mol. The van der Waals surface area contributed by atoms with Gasteiger partial charge in [-0.2, -0.15) is 0 Å². The Morgan fingerprint density at radius 2 is 2.05 bits per heavy atom. The highest BCUT2D eigenvalue weighted by Crippen LogP contribution is 2.29. The van der Waals surface area contributed by atoms with Crippen LogP contribution >= 0.6 is 0 Å². The van der Waals surface area contributed by atoms with Crippen molar-refractivity contribution in [2.24, 2.45) is 0 Å². The highest BCUT2D eigenvalue weighted by molar-refractivity contribution is 5.94. The lowest BCUT2D eigenvalue weighted by molar-refractivity contribution is -0.135. The third kappa shape index (κ3) is 2.55. The lowest BCUT2D eigenvalue weighted by atomic mass is 9.92. The minimum Gasteiger partial charge on any atom is -0.472 e. The van der Waals surface area contributed by atoms with E-state index in [0.717, 1.165) is 12.8 Å². The van der Waals surface area contributed by atoms with Gasteiger partial charge in [0.1, 0.15) is 6.26 Å². The van der Waals surface area contributed by atoms with Crippen LogP contribution in [0.4, 0.5) is 4.39 Å². The summed E-state index contributed by atoms with van der Waals surface area (Å²) in [5.41, 5.74) is -1.38. The zero-order valence-electron chi connectivity index (χ0n) is 11.1. The minimum atomic E-state index is -1.84. The first-order valence-electron chi connectivity index (χ1n) is 6.90. The van der Waals surface area contributed by atoms with Crippen LogP contribution in [0.2, 0.25) is 0 Å². The molecule has 0 radical (unpaired) electrons. The van der Waals surface area contributed by atoms with E-state index < -0.39 is 11.6 Å². The number of hydrogen-bond donors (Lipinski definition) is 1. The lowest BCUT2D eigenvalue weighted by Gasteiger charge is -2.35. The molecule has 0 bridgehead atoms. The van der Waals surface area contributed by atoms with Crippen LogP contribution in [0.5, 0.6) is 0 Å². The maximum absolute atomic E-state index is 14.6. The largest absolute Gasteiger partial charge is 0.472 e. The molecular formula is C14H17FN2O3. The van der Waals surface area contributed by atoms with E-state index in [4.69, 9.17) is 4.42 Å². The van der Waals surface area contributed by atoms with Gasteiger partial charge in [0.25, 0.3) is 11.8 Å². The standard InChI is InChI=1S/C14H17FN2O3/c15-14(13(19)16-11-1-2-11)4-6-17(7-5-14)12(18)10-3-8-20-9-10/h3,8-9,11H,1-2,4-7H2,(H,16,19). The number of hydrogen-bond acceptors (Lipinski definition) is 3. The van der Waals surface area contributed by atoms with Crippen molar-refractivity contribution < 1.29 is 18.4 Å². The quantitative estimate of drug-likeness (QED) is 0.912. The van der Waals surface area contributed by atoms with Crippen molar-refractivity contribution in [1.82, 2.24) is 10.2 Å². The van der Waals surface area contributed by atoms with Crippen molar-refractivity contribution in [3.63, 3.8) is 0 Å². The van der Waals surface area contributed by atoms with E-state index in [9.17, 15) is 14.0 Å². The van der Waals surface area contributed by atoms with Crippen molar-refractivity contribution in [2.45, 2.75) is 37.4 Å². The Balaban J connectivity index is 1.58. The second-order valence-corrected chi connectivity index (χ2v) is 5.52. The highest BCUT2D eigenvalue weighted by Gasteiger charge is 2.44. The zero-order chi connectivity index (χ0) is 14.2. The molecule has 0 unspecified atom stereocenters. The van der Waals surface area contributed by atoms with Crippen molar-refractivity contribution in [2.75, 3.05) is 13.1 Å². The van der Waals surface area contributed by atoms with Gasteiger partial charge in [0, 0.05) is 32.0 Å². The molecule has 2 heterocycles. The molecule has 5 nitrogen and oxygen atoms in total. The van der Waals surface area contributed by atoms with Crippen molar-refractivity contribution in [3.8, 4) is 0 Å². The zero-order valence-corrected chi connectivity index (χ0v) is 11.1. The van der Waals surface area contributed by atoms with Gasteiger partial charge >= 0.3 is 0 Å². The SMILES string of the molecule is O=C(c1ccoc1)N1CCC(F)(C(=O)NC2CC2)CC1. The number of furan rings is 1. The third-order valence-electron chi connectivity index (χ3n) is 3.93. The number of nitrogens with one attached hydrogen (secondary N) is 1. The van der Waals surface area contributed by atoms with Gasteiger partial charge in [0.2, 0.25) is 0 Å². The number of nitrogens with zero attached hydrogens (tertiary/aromatic N) is 1. The van der Waals surface area contributed by atoms with Gasteiger partial charge in [0.15, 0.2) is 5.67 Å². The fourth-order valence-electron chi connectivity index (χ4n) is 2.40. The Kier molecular flexibility index (Phi) is 3.23. The summed E-state index contributed by atoms with van der Waals surface area (Å²) in [5, 5.41) is 2.70. The molecule has 20 heavy (non-hydrogen) atoms. The number of rotatable bonds is 3. The summed E-state index contributed by atoms with van der Waals surface area (Å²) in [4.78, 5) is 25.5. The van der Waals surface area contributed by atoms with Gasteiger partial charge < -0.3 is 14.6 Å². The van der Waals surface area contributed by atoms with Crippen LogP contribution in [-0.2, 0) is 4.79 Å². The van der Waals surface area contributed by atoms with Crippen LogP contribution in [-0.4, -0.2) is 41.5 Å². The van der Waals surface area contributed by atoms with Gasteiger partial charge in [-0.1, -0.05) is 0 Å². The van der Waals surface area contributed by atoms with Gasteiger partial charge in [-0.15, -0.1) is 0 Å². The first-order chi connectivity index (χ1) is 9.58. The van der Waals surface area contributed by atoms with Crippen LogP contribution < -0.4 is 5.32 Å². The number of carbonyl (C=O) groups excluding carboxylic acids is 2. The van der Waals surface area contributed by atoms with Crippen LogP contribution in [0.25, 0.3) is 0 Å². The summed E-state index contributed by atoms with van der Waals surface area (Å²) in [5.74, 6) is -0.696. The molecule has 0 aromatic carbocycles. The van der Waals surface area contributed by atoms with E-state index >= 15 is 0 Å². The molecule has 2 aliphatic rings. The second-order valence-electron chi connectivity index (χ2n) is 5.52. The van der Waals surface area contributed by atoms with Gasteiger partial charge in [-0.3, -0.25) is 9.59 Å². The molecule has 108 valence electrons. The average Bonchev–Trinajstić information content (AvgIpc) is 3.09. The monoisotopic (exact) mass is 280 g/mol. The third-order valence-corrected chi connectivity index (χ3v) is 3.93. The van der Waals surface area contributed by atoms with E-state index in [1.54, 1.807) is 11.0 Å². The van der Waals surface area contributed by atoms with Gasteiger partial charge in [0.05, 0.1) is 11.8 Å². The number of piperidine rings is 1. The highest BCUT2D eigenvalue weighted by atomic mass is 19.1. The predicted molar refractivity (Wildman–Crippen MR) is 68.8 cm³/mol. The Hall–Kier alpha value is -1.85. The fourth-order valence-corrected chi connectivity index (χ4v) is 2.40. The number of carbonyl (C=O) groups is 2. The Bertz CT molecular complexity index is 502. The normalized spacial score (nSPS) is 21.6. The molecule has 1 N–H and O–H groups in total. The smallest absolute Gasteiger partial charge is 0.258 e. The van der Waals surface area contributed by atoms with Crippen molar-refractivity contribution in [1.29, 1.82) is 0 Å². The molecule has 1 aromatic rings. The lowest BCUT2D eigenvalue weighted by Crippen LogP contribution is -2.52. The molecule has 2 fully saturated rings. The number of likely N-dealkylation sites (tertiary alicyclic amines) is 1. The molecule has 1 aliphatic carbocycles. The molecule has 1 aliphatic heterocycles. The molecule has 0 atom stereocenters. The predicted octanol–water partition coefficient (Wildman–Crippen LogP) is 1.50. The van der Waals surface area contributed by atoms with E-state index in [1.165, 1.54) is 12.5 Å². The summed E-state index contributed by atoms with van der Waals surface area (Å²) < 4.78 is 19.4. The fraction of sp³-hybridized carbons (Fsp3) is 0.571. The van der Waals surface area contributed by atoms with Crippen molar-refractivity contribution in [3.05, 3.63) is 24.2 Å². The van der Waals surface area contributed by atoms with Crippen LogP contribution in [0, 0.1) is 0 Å². The van der Waals surface area contributed by atoms with Crippen LogP contribution in [0.15, 0.2) is 23.0 Å². The summed E-state index contributed by atoms with van der Waals surface area (Å²) in [6.07, 6.45) is 4.78. The van der Waals surface area contributed by atoms with E-state index in [2.05, 4.69) is 5.32 Å². The molecule has 1 aromatic heterocycles. The number of alkyl halides is 1. The topological polar surface area (TPSA) is 62.6 Å². The minimum absolute atomic E-state index is 0.0507. The van der Waals surface area contributed by atoms with E-state index in [-0.39, 0.29) is 37.9 Å². The summed E-state index contributed by atoms with van der Waals surface area (Å²) in [7, 11) is 0.